The second kappa shape index (κ2) is 7.58. The van der Waals surface area contributed by atoms with E-state index in [0.29, 0.717) is 28.0 Å². The number of pyridine rings is 1. The average Bonchev–Trinajstić information content (AvgIpc) is 2.59. The lowest BCUT2D eigenvalue weighted by molar-refractivity contribution is -0.137. The molecular weight excluding hydrogens is 424 g/mol. The van der Waals surface area contributed by atoms with Gasteiger partial charge in [-0.25, -0.2) is 9.97 Å². The molecule has 1 atom stereocenters. The number of hydrogen-bond donors (Lipinski definition) is 1. The van der Waals surface area contributed by atoms with Crippen molar-refractivity contribution < 1.29 is 17.7 Å². The first-order valence-electron chi connectivity index (χ1n) is 8.70. The third-order valence-corrected chi connectivity index (χ3v) is 6.15. The fraction of sp³-hybridized carbons (Fsp3) is 0.316. The number of nitrogens with one attached hydrogen (secondary N) is 1. The highest BCUT2D eigenvalue weighted by Crippen LogP contribution is 2.39. The molecule has 0 amide bonds. The van der Waals surface area contributed by atoms with Crippen LogP contribution in [0, 0.1) is 6.92 Å². The number of rotatable bonds is 4. The summed E-state index contributed by atoms with van der Waals surface area (Å²) in [6.45, 7) is 6.60. The Hall–Kier alpha value is -2.18. The van der Waals surface area contributed by atoms with Crippen LogP contribution in [-0.2, 0) is 10.7 Å². The van der Waals surface area contributed by atoms with E-state index in [-0.39, 0.29) is 10.6 Å². The van der Waals surface area contributed by atoms with Crippen LogP contribution in [0.2, 0.25) is 5.02 Å². The van der Waals surface area contributed by atoms with Gasteiger partial charge >= 0.3 is 6.18 Å². The van der Waals surface area contributed by atoms with Crippen molar-refractivity contribution in [2.75, 3.05) is 18.6 Å². The molecule has 3 rings (SSSR count). The fourth-order valence-electron chi connectivity index (χ4n) is 2.93. The first-order chi connectivity index (χ1) is 13.4. The van der Waals surface area contributed by atoms with Gasteiger partial charge in [0.2, 0.25) is 0 Å². The summed E-state index contributed by atoms with van der Waals surface area (Å²) in [6.07, 6.45) is -3.03. The topological polar surface area (TPSA) is 67.8 Å². The van der Waals surface area contributed by atoms with Crippen LogP contribution in [0.3, 0.4) is 0 Å². The van der Waals surface area contributed by atoms with Gasteiger partial charge in [0, 0.05) is 5.39 Å². The van der Waals surface area contributed by atoms with Crippen molar-refractivity contribution in [3.63, 3.8) is 0 Å². The standard InChI is InChI=1S/C19H19ClF3N4OP/c1-10(12-6-5-7-14(17(12)20)19(21,22)23)25-18-13-8-16(29(3,4)28)24-9-15(13)26-11(2)27-18/h5-10H,1-4H3,(H,25,26,27). The highest BCUT2D eigenvalue weighted by atomic mass is 35.5. The Kier molecular flexibility index (Phi) is 5.62. The van der Waals surface area contributed by atoms with E-state index in [1.807, 2.05) is 0 Å². The van der Waals surface area contributed by atoms with E-state index in [1.165, 1.54) is 18.3 Å². The number of aryl methyl sites for hydroxylation is 1. The number of benzene rings is 1. The third-order valence-electron chi connectivity index (χ3n) is 4.38. The second-order valence-electron chi connectivity index (χ2n) is 7.10. The van der Waals surface area contributed by atoms with Gasteiger partial charge in [-0.15, -0.1) is 0 Å². The number of halogens is 4. The molecule has 0 bridgehead atoms. The van der Waals surface area contributed by atoms with E-state index >= 15 is 0 Å². The molecule has 0 saturated carbocycles. The van der Waals surface area contributed by atoms with Gasteiger partial charge in [0.1, 0.15) is 24.2 Å². The highest BCUT2D eigenvalue weighted by Gasteiger charge is 2.34. The van der Waals surface area contributed by atoms with Gasteiger partial charge in [0.05, 0.1) is 28.3 Å². The van der Waals surface area contributed by atoms with Gasteiger partial charge in [-0.2, -0.15) is 13.2 Å². The smallest absolute Gasteiger partial charge is 0.363 e. The molecule has 3 aromatic rings. The zero-order chi connectivity index (χ0) is 21.6. The molecule has 1 unspecified atom stereocenters. The first-order valence-corrected chi connectivity index (χ1v) is 11.7. The van der Waals surface area contributed by atoms with Crippen LogP contribution in [0.25, 0.3) is 10.9 Å². The first kappa shape index (κ1) is 21.5. The Morgan fingerprint density at radius 3 is 2.52 bits per heavy atom. The second-order valence-corrected chi connectivity index (χ2v) is 10.6. The van der Waals surface area contributed by atoms with Crippen molar-refractivity contribution in [1.82, 2.24) is 15.0 Å². The normalized spacial score (nSPS) is 13.5. The number of fused-ring (bicyclic) bond motifs is 1. The summed E-state index contributed by atoms with van der Waals surface area (Å²) in [5, 5.41) is 3.35. The molecular formula is C19H19ClF3N4OP. The van der Waals surface area contributed by atoms with Gasteiger partial charge in [0.15, 0.2) is 0 Å². The van der Waals surface area contributed by atoms with E-state index < -0.39 is 24.9 Å². The maximum absolute atomic E-state index is 13.2. The van der Waals surface area contributed by atoms with Crippen LogP contribution in [0.15, 0.2) is 30.5 Å². The van der Waals surface area contributed by atoms with E-state index in [9.17, 15) is 17.7 Å². The van der Waals surface area contributed by atoms with Crippen molar-refractivity contribution in [2.24, 2.45) is 0 Å². The minimum atomic E-state index is -4.55. The van der Waals surface area contributed by atoms with Crippen molar-refractivity contribution in [3.8, 4) is 0 Å². The van der Waals surface area contributed by atoms with E-state index in [1.54, 1.807) is 33.2 Å². The average molecular weight is 443 g/mol. The van der Waals surface area contributed by atoms with E-state index in [2.05, 4.69) is 20.3 Å². The molecule has 0 aliphatic heterocycles. The Morgan fingerprint density at radius 2 is 1.90 bits per heavy atom. The van der Waals surface area contributed by atoms with Gasteiger partial charge < -0.3 is 9.88 Å². The van der Waals surface area contributed by atoms with Gasteiger partial charge in [-0.1, -0.05) is 23.7 Å². The SMILES string of the molecule is Cc1nc(NC(C)c2cccc(C(F)(F)F)c2Cl)c2cc(P(C)(C)=O)ncc2n1. The monoisotopic (exact) mass is 442 g/mol. The third kappa shape index (κ3) is 4.54. The molecule has 0 aliphatic carbocycles. The zero-order valence-electron chi connectivity index (χ0n) is 16.2. The summed E-state index contributed by atoms with van der Waals surface area (Å²) in [7, 11) is -2.62. The van der Waals surface area contributed by atoms with Crippen molar-refractivity contribution in [3.05, 3.63) is 52.4 Å². The van der Waals surface area contributed by atoms with Crippen LogP contribution in [0.5, 0.6) is 0 Å². The zero-order valence-corrected chi connectivity index (χ0v) is 17.8. The molecule has 154 valence electrons. The largest absolute Gasteiger partial charge is 0.417 e. The van der Waals surface area contributed by atoms with Gasteiger partial charge in [0.25, 0.3) is 0 Å². The molecule has 2 aromatic heterocycles. The highest BCUT2D eigenvalue weighted by molar-refractivity contribution is 7.69. The van der Waals surface area contributed by atoms with E-state index in [0.717, 1.165) is 6.07 Å². The van der Waals surface area contributed by atoms with Crippen LogP contribution < -0.4 is 10.8 Å². The Balaban J connectivity index is 2.07. The maximum atomic E-state index is 13.2. The number of alkyl halides is 3. The summed E-state index contributed by atoms with van der Waals surface area (Å²) < 4.78 is 51.9. The molecule has 0 saturated heterocycles. The van der Waals surface area contributed by atoms with Gasteiger partial charge in [-0.05, 0) is 44.9 Å². The molecule has 2 heterocycles. The lowest BCUT2D eigenvalue weighted by Crippen LogP contribution is -2.14. The maximum Gasteiger partial charge on any atom is 0.417 e. The molecule has 5 nitrogen and oxygen atoms in total. The van der Waals surface area contributed by atoms with Crippen molar-refractivity contribution in [1.29, 1.82) is 0 Å². The Labute approximate surface area is 171 Å². The predicted octanol–water partition coefficient (Wildman–Crippen LogP) is 5.43. The summed E-state index contributed by atoms with van der Waals surface area (Å²) >= 11 is 6.05. The summed E-state index contributed by atoms with van der Waals surface area (Å²) in [5.41, 5.74) is 0.361. The Bertz CT molecular complexity index is 1130. The summed E-state index contributed by atoms with van der Waals surface area (Å²) in [5.74, 6) is 0.874. The summed E-state index contributed by atoms with van der Waals surface area (Å²) in [6, 6.07) is 4.87. The molecule has 0 spiro atoms. The molecule has 0 fully saturated rings. The Morgan fingerprint density at radius 1 is 1.21 bits per heavy atom. The number of anilines is 1. The minimum absolute atomic E-state index is 0.289. The predicted molar refractivity (Wildman–Crippen MR) is 110 cm³/mol. The molecule has 0 aliphatic rings. The molecule has 29 heavy (non-hydrogen) atoms. The van der Waals surface area contributed by atoms with Crippen molar-refractivity contribution in [2.45, 2.75) is 26.1 Å². The van der Waals surface area contributed by atoms with Crippen LogP contribution in [0.4, 0.5) is 19.0 Å². The number of hydrogen-bond acceptors (Lipinski definition) is 5. The molecule has 1 N–H and O–H groups in total. The van der Waals surface area contributed by atoms with Gasteiger partial charge in [-0.3, -0.25) is 4.98 Å². The molecule has 0 radical (unpaired) electrons. The van der Waals surface area contributed by atoms with Crippen molar-refractivity contribution >= 4 is 40.9 Å². The molecule has 10 heteroatoms. The van der Waals surface area contributed by atoms with Crippen LogP contribution >= 0.6 is 18.7 Å². The van der Waals surface area contributed by atoms with Crippen LogP contribution in [0.1, 0.15) is 29.9 Å². The van der Waals surface area contributed by atoms with E-state index in [4.69, 9.17) is 11.6 Å². The lowest BCUT2D eigenvalue weighted by Gasteiger charge is -2.20. The van der Waals surface area contributed by atoms with Crippen LogP contribution in [-0.4, -0.2) is 28.3 Å². The minimum Gasteiger partial charge on any atom is -0.363 e. The number of aromatic nitrogens is 3. The molecule has 1 aromatic carbocycles. The lowest BCUT2D eigenvalue weighted by atomic mass is 10.0. The fourth-order valence-corrected chi connectivity index (χ4v) is 4.10. The quantitative estimate of drug-likeness (QED) is 0.546. The summed E-state index contributed by atoms with van der Waals surface area (Å²) in [4.78, 5) is 12.9. The number of nitrogens with zero attached hydrogens (tertiary/aromatic N) is 3.